The predicted molar refractivity (Wildman–Crippen MR) is 123 cm³/mol. The molecule has 0 aromatic heterocycles. The number of hydrogen-bond acceptors (Lipinski definition) is 4. The maximum absolute atomic E-state index is 12.9. The largest absolute Gasteiger partial charge is 0.326 e. The van der Waals surface area contributed by atoms with Crippen LogP contribution in [0.5, 0.6) is 0 Å². The van der Waals surface area contributed by atoms with Crippen LogP contribution >= 0.6 is 11.6 Å². The predicted octanol–water partition coefficient (Wildman–Crippen LogP) is 4.03. The fourth-order valence-corrected chi connectivity index (χ4v) is 6.16. The molecule has 1 fully saturated rings. The minimum absolute atomic E-state index is 0.0184. The first-order chi connectivity index (χ1) is 15.3. The van der Waals surface area contributed by atoms with E-state index in [0.29, 0.717) is 18.8 Å². The van der Waals surface area contributed by atoms with E-state index in [1.165, 1.54) is 28.3 Å². The summed E-state index contributed by atoms with van der Waals surface area (Å²) in [6.07, 6.45) is 5.19. The van der Waals surface area contributed by atoms with Gasteiger partial charge in [-0.1, -0.05) is 35.9 Å². The summed E-state index contributed by atoms with van der Waals surface area (Å²) in [5.74, 6) is -0.503. The molecule has 168 valence electrons. The third-order valence-corrected chi connectivity index (χ3v) is 8.13. The van der Waals surface area contributed by atoms with Crippen molar-refractivity contribution in [2.45, 2.75) is 37.1 Å². The van der Waals surface area contributed by atoms with Gasteiger partial charge in [0.2, 0.25) is 21.8 Å². The standard InChI is InChI=1S/C23H24ClN3O4S/c1-16(28)27-13-10-17-6-2-3-7-19(17)21(27)15-23(29)25-18-8-9-20(24)22(14-18)32(30,31)26-11-4-5-12-26/h2-3,6-10,13-14,21H,4-5,11-12,15H2,1H3,(H,25,29). The average Bonchev–Trinajstić information content (AvgIpc) is 3.31. The number of halogens is 1. The highest BCUT2D eigenvalue weighted by Crippen LogP contribution is 2.34. The molecule has 1 atom stereocenters. The molecule has 1 saturated heterocycles. The van der Waals surface area contributed by atoms with Crippen LogP contribution in [0.25, 0.3) is 6.08 Å². The van der Waals surface area contributed by atoms with Crippen LogP contribution in [0.4, 0.5) is 5.69 Å². The highest BCUT2D eigenvalue weighted by molar-refractivity contribution is 7.89. The number of nitrogens with one attached hydrogen (secondary N) is 1. The van der Waals surface area contributed by atoms with Gasteiger partial charge in [-0.05, 0) is 48.2 Å². The fraction of sp³-hybridized carbons (Fsp3) is 0.304. The van der Waals surface area contributed by atoms with Crippen LogP contribution in [0.2, 0.25) is 5.02 Å². The van der Waals surface area contributed by atoms with E-state index >= 15 is 0 Å². The second kappa shape index (κ2) is 9.05. The lowest BCUT2D eigenvalue weighted by atomic mass is 9.93. The van der Waals surface area contributed by atoms with Crippen molar-refractivity contribution in [3.8, 4) is 0 Å². The minimum atomic E-state index is -3.73. The molecule has 7 nitrogen and oxygen atoms in total. The molecule has 2 aliphatic rings. The average molecular weight is 474 g/mol. The van der Waals surface area contributed by atoms with E-state index < -0.39 is 16.1 Å². The monoisotopic (exact) mass is 473 g/mol. The van der Waals surface area contributed by atoms with E-state index in [9.17, 15) is 18.0 Å². The molecule has 2 amide bonds. The van der Waals surface area contributed by atoms with Gasteiger partial charge in [-0.3, -0.25) is 9.59 Å². The van der Waals surface area contributed by atoms with Gasteiger partial charge in [0.15, 0.2) is 0 Å². The molecule has 0 aliphatic carbocycles. The Bertz CT molecular complexity index is 1190. The molecule has 2 heterocycles. The molecule has 1 N–H and O–H groups in total. The Kier molecular flexibility index (Phi) is 6.37. The molecule has 32 heavy (non-hydrogen) atoms. The number of sulfonamides is 1. The van der Waals surface area contributed by atoms with Crippen molar-refractivity contribution in [2.75, 3.05) is 18.4 Å². The van der Waals surface area contributed by atoms with E-state index in [0.717, 1.165) is 24.0 Å². The summed E-state index contributed by atoms with van der Waals surface area (Å²) in [6, 6.07) is 11.6. The van der Waals surface area contributed by atoms with Crippen molar-refractivity contribution in [3.05, 3.63) is 64.8 Å². The zero-order valence-electron chi connectivity index (χ0n) is 17.6. The first-order valence-electron chi connectivity index (χ1n) is 10.4. The normalized spacial score (nSPS) is 18.4. The Hall–Kier alpha value is -2.68. The van der Waals surface area contributed by atoms with E-state index in [2.05, 4.69) is 5.32 Å². The quantitative estimate of drug-likeness (QED) is 0.710. The van der Waals surface area contributed by atoms with Gasteiger partial charge in [0, 0.05) is 31.9 Å². The molecule has 0 bridgehead atoms. The molecule has 1 unspecified atom stereocenters. The molecule has 0 spiro atoms. The Balaban J connectivity index is 1.55. The summed E-state index contributed by atoms with van der Waals surface area (Å²) in [7, 11) is -3.73. The Labute approximate surface area is 192 Å². The first-order valence-corrected chi connectivity index (χ1v) is 12.2. The highest BCUT2D eigenvalue weighted by atomic mass is 35.5. The van der Waals surface area contributed by atoms with Crippen molar-refractivity contribution >= 4 is 45.2 Å². The molecular formula is C23H24ClN3O4S. The fourth-order valence-electron chi connectivity index (χ4n) is 4.15. The number of anilines is 1. The Morgan fingerprint density at radius 3 is 2.56 bits per heavy atom. The summed E-state index contributed by atoms with van der Waals surface area (Å²) < 4.78 is 27.3. The van der Waals surface area contributed by atoms with Crippen molar-refractivity contribution in [1.82, 2.24) is 9.21 Å². The lowest BCUT2D eigenvalue weighted by Gasteiger charge is -2.32. The van der Waals surface area contributed by atoms with Crippen LogP contribution < -0.4 is 5.32 Å². The first kappa shape index (κ1) is 22.5. The highest BCUT2D eigenvalue weighted by Gasteiger charge is 2.30. The van der Waals surface area contributed by atoms with Gasteiger partial charge in [-0.25, -0.2) is 8.42 Å². The number of carbonyl (C=O) groups excluding carboxylic acids is 2. The van der Waals surface area contributed by atoms with Crippen LogP contribution in [0, 0.1) is 0 Å². The molecule has 9 heteroatoms. The lowest BCUT2D eigenvalue weighted by molar-refractivity contribution is -0.129. The van der Waals surface area contributed by atoms with Gasteiger partial charge in [0.25, 0.3) is 0 Å². The van der Waals surface area contributed by atoms with E-state index in [1.54, 1.807) is 12.3 Å². The third kappa shape index (κ3) is 4.44. The van der Waals surface area contributed by atoms with Crippen LogP contribution in [-0.4, -0.2) is 42.5 Å². The SMILES string of the molecule is CC(=O)N1C=Cc2ccccc2C1CC(=O)Nc1ccc(Cl)c(S(=O)(=O)N2CCCC2)c1. The lowest BCUT2D eigenvalue weighted by Crippen LogP contribution is -2.33. The van der Waals surface area contributed by atoms with Crippen LogP contribution in [0.15, 0.2) is 53.6 Å². The minimum Gasteiger partial charge on any atom is -0.326 e. The number of amides is 2. The maximum Gasteiger partial charge on any atom is 0.244 e. The summed E-state index contributed by atoms with van der Waals surface area (Å²) in [5, 5.41) is 2.88. The molecule has 2 aromatic carbocycles. The summed E-state index contributed by atoms with van der Waals surface area (Å²) in [6.45, 7) is 2.38. The second-order valence-corrected chi connectivity index (χ2v) is 10.2. The molecule has 0 saturated carbocycles. The van der Waals surface area contributed by atoms with Crippen molar-refractivity contribution in [1.29, 1.82) is 0 Å². The number of carbonyl (C=O) groups is 2. The Morgan fingerprint density at radius 1 is 1.12 bits per heavy atom. The second-order valence-electron chi connectivity index (χ2n) is 7.90. The topological polar surface area (TPSA) is 86.8 Å². The van der Waals surface area contributed by atoms with Crippen LogP contribution in [0.1, 0.15) is 43.4 Å². The maximum atomic E-state index is 12.9. The van der Waals surface area contributed by atoms with Crippen molar-refractivity contribution in [3.63, 3.8) is 0 Å². The number of rotatable bonds is 5. The number of benzene rings is 2. The van der Waals surface area contributed by atoms with E-state index in [-0.39, 0.29) is 28.2 Å². The third-order valence-electron chi connectivity index (χ3n) is 5.75. The molecular weight excluding hydrogens is 450 g/mol. The molecule has 4 rings (SSSR count). The van der Waals surface area contributed by atoms with Gasteiger partial charge in [-0.15, -0.1) is 0 Å². The number of fused-ring (bicyclic) bond motifs is 1. The molecule has 2 aromatic rings. The molecule has 2 aliphatic heterocycles. The summed E-state index contributed by atoms with van der Waals surface area (Å²) in [4.78, 5) is 26.5. The van der Waals surface area contributed by atoms with Gasteiger partial charge in [0.05, 0.1) is 17.5 Å². The van der Waals surface area contributed by atoms with Crippen molar-refractivity contribution in [2.24, 2.45) is 0 Å². The van der Waals surface area contributed by atoms with Gasteiger partial charge in [0.1, 0.15) is 4.90 Å². The van der Waals surface area contributed by atoms with E-state index in [1.807, 2.05) is 30.3 Å². The summed E-state index contributed by atoms with van der Waals surface area (Å²) >= 11 is 6.19. The number of nitrogens with zero attached hydrogens (tertiary/aromatic N) is 2. The zero-order chi connectivity index (χ0) is 22.9. The summed E-state index contributed by atoms with van der Waals surface area (Å²) in [5.41, 5.74) is 2.17. The molecule has 0 radical (unpaired) electrons. The Morgan fingerprint density at radius 2 is 1.84 bits per heavy atom. The van der Waals surface area contributed by atoms with Gasteiger partial charge < -0.3 is 10.2 Å². The van der Waals surface area contributed by atoms with Crippen LogP contribution in [-0.2, 0) is 19.6 Å². The smallest absolute Gasteiger partial charge is 0.244 e. The number of hydrogen-bond donors (Lipinski definition) is 1. The van der Waals surface area contributed by atoms with Gasteiger partial charge >= 0.3 is 0 Å². The van der Waals surface area contributed by atoms with Crippen molar-refractivity contribution < 1.29 is 18.0 Å². The van der Waals surface area contributed by atoms with Gasteiger partial charge in [-0.2, -0.15) is 4.31 Å². The van der Waals surface area contributed by atoms with E-state index in [4.69, 9.17) is 11.6 Å². The van der Waals surface area contributed by atoms with Crippen LogP contribution in [0.3, 0.4) is 0 Å². The zero-order valence-corrected chi connectivity index (χ0v) is 19.2.